The molecule has 1 aromatic heterocycles. The highest BCUT2D eigenvalue weighted by molar-refractivity contribution is 6.09. The third-order valence-corrected chi connectivity index (χ3v) is 4.22. The molecule has 0 saturated heterocycles. The molecule has 0 aliphatic carbocycles. The van der Waals surface area contributed by atoms with Crippen molar-refractivity contribution in [3.05, 3.63) is 75.0 Å². The molecule has 1 atom stereocenters. The number of aromatic amines is 1. The summed E-state index contributed by atoms with van der Waals surface area (Å²) in [4.78, 5) is 50.8. The van der Waals surface area contributed by atoms with E-state index in [9.17, 15) is 32.3 Å². The minimum absolute atomic E-state index is 0.150. The van der Waals surface area contributed by atoms with Crippen LogP contribution in [0.5, 0.6) is 0 Å². The van der Waals surface area contributed by atoms with Gasteiger partial charge in [-0.15, -0.1) is 6.58 Å². The Hall–Kier alpha value is -3.63. The second-order valence-corrected chi connectivity index (χ2v) is 5.90. The summed E-state index contributed by atoms with van der Waals surface area (Å²) >= 11 is 0. The van der Waals surface area contributed by atoms with Crippen LogP contribution in [0.4, 0.5) is 19.0 Å². The van der Waals surface area contributed by atoms with Gasteiger partial charge in [-0.2, -0.15) is 13.2 Å². The highest BCUT2D eigenvalue weighted by Crippen LogP contribution is 2.45. The van der Waals surface area contributed by atoms with Gasteiger partial charge < -0.3 is 10.6 Å². The van der Waals surface area contributed by atoms with Crippen LogP contribution in [0.1, 0.15) is 15.9 Å². The largest absolute Gasteiger partial charge is 0.425 e. The van der Waals surface area contributed by atoms with Crippen molar-refractivity contribution in [2.45, 2.75) is 18.3 Å². The average molecular weight is 394 g/mol. The zero-order valence-corrected chi connectivity index (χ0v) is 14.1. The number of alkyl halides is 3. The highest BCUT2D eigenvalue weighted by Gasteiger charge is 2.68. The van der Waals surface area contributed by atoms with Gasteiger partial charge in [0.1, 0.15) is 11.4 Å². The average Bonchev–Trinajstić information content (AvgIpc) is 2.93. The molecule has 1 aromatic carbocycles. The van der Waals surface area contributed by atoms with Gasteiger partial charge in [-0.3, -0.25) is 23.9 Å². The van der Waals surface area contributed by atoms with Crippen molar-refractivity contribution >= 4 is 17.6 Å². The van der Waals surface area contributed by atoms with Crippen LogP contribution in [-0.2, 0) is 16.9 Å². The number of allylic oxidation sites excluding steroid dienone is 1. The summed E-state index contributed by atoms with van der Waals surface area (Å²) in [6.45, 7) is 3.10. The van der Waals surface area contributed by atoms with Crippen molar-refractivity contribution in [1.82, 2.24) is 14.9 Å². The molecule has 2 heterocycles. The lowest BCUT2D eigenvalue weighted by Gasteiger charge is -2.30. The van der Waals surface area contributed by atoms with Gasteiger partial charge in [0.25, 0.3) is 22.9 Å². The maximum absolute atomic E-state index is 14.1. The van der Waals surface area contributed by atoms with E-state index in [1.54, 1.807) is 16.4 Å². The van der Waals surface area contributed by atoms with E-state index in [0.717, 1.165) is 0 Å². The molecule has 0 spiro atoms. The molecule has 1 unspecified atom stereocenters. The van der Waals surface area contributed by atoms with E-state index < -0.39 is 46.2 Å². The van der Waals surface area contributed by atoms with Crippen LogP contribution in [0, 0.1) is 0 Å². The van der Waals surface area contributed by atoms with E-state index in [1.165, 1.54) is 30.3 Å². The number of amides is 2. The van der Waals surface area contributed by atoms with Gasteiger partial charge in [0.05, 0.1) is 0 Å². The van der Waals surface area contributed by atoms with Crippen LogP contribution < -0.4 is 21.9 Å². The van der Waals surface area contributed by atoms with Gasteiger partial charge in [0.2, 0.25) is 0 Å². The summed E-state index contributed by atoms with van der Waals surface area (Å²) in [5, 5.41) is 3.56. The zero-order chi connectivity index (χ0) is 20.7. The molecule has 146 valence electrons. The van der Waals surface area contributed by atoms with Crippen molar-refractivity contribution in [2.75, 3.05) is 5.32 Å². The fourth-order valence-corrected chi connectivity index (χ4v) is 2.96. The van der Waals surface area contributed by atoms with Crippen molar-refractivity contribution in [2.24, 2.45) is 0 Å². The monoisotopic (exact) mass is 394 g/mol. The van der Waals surface area contributed by atoms with Crippen molar-refractivity contribution in [3.63, 3.8) is 0 Å². The Bertz CT molecular complexity index is 1090. The summed E-state index contributed by atoms with van der Waals surface area (Å²) in [6, 6.07) is 6.89. The SMILES string of the molecule is C=CCn1c2c(c(=O)[nH]c1=O)C(NC(=O)c1ccccc1)(C(F)(F)F)C(=O)N2. The summed E-state index contributed by atoms with van der Waals surface area (Å²) in [5.74, 6) is -3.57. The smallest absolute Gasteiger partial charge is 0.326 e. The Kier molecular flexibility index (Phi) is 4.45. The van der Waals surface area contributed by atoms with Gasteiger partial charge in [-0.05, 0) is 12.1 Å². The molecule has 3 rings (SSSR count). The Morgan fingerprint density at radius 1 is 1.21 bits per heavy atom. The second kappa shape index (κ2) is 6.51. The Morgan fingerprint density at radius 2 is 1.86 bits per heavy atom. The topological polar surface area (TPSA) is 113 Å². The number of carbonyl (C=O) groups is 2. The van der Waals surface area contributed by atoms with E-state index in [4.69, 9.17) is 0 Å². The predicted octanol–water partition coefficient (Wildman–Crippen LogP) is 0.862. The van der Waals surface area contributed by atoms with Crippen LogP contribution >= 0.6 is 0 Å². The first kappa shape index (κ1) is 19.1. The molecular weight excluding hydrogens is 381 g/mol. The molecule has 0 bridgehead atoms. The molecule has 8 nitrogen and oxygen atoms in total. The first-order chi connectivity index (χ1) is 13.1. The van der Waals surface area contributed by atoms with Crippen LogP contribution in [0.3, 0.4) is 0 Å². The van der Waals surface area contributed by atoms with Crippen molar-refractivity contribution in [1.29, 1.82) is 0 Å². The molecule has 11 heteroatoms. The lowest BCUT2D eigenvalue weighted by atomic mass is 9.91. The maximum Gasteiger partial charge on any atom is 0.425 e. The predicted molar refractivity (Wildman–Crippen MR) is 91.8 cm³/mol. The third kappa shape index (κ3) is 2.71. The molecule has 0 radical (unpaired) electrons. The fourth-order valence-electron chi connectivity index (χ4n) is 2.96. The maximum atomic E-state index is 14.1. The number of fused-ring (bicyclic) bond motifs is 1. The lowest BCUT2D eigenvalue weighted by Crippen LogP contribution is -2.62. The summed E-state index contributed by atoms with van der Waals surface area (Å²) in [5.41, 5.74) is -7.40. The number of carbonyl (C=O) groups excluding carboxylic acids is 2. The Balaban J connectivity index is 2.27. The molecule has 3 N–H and O–H groups in total. The quantitative estimate of drug-likeness (QED) is 0.668. The number of nitrogens with zero attached hydrogens (tertiary/aromatic N) is 1. The second-order valence-electron chi connectivity index (χ2n) is 5.90. The van der Waals surface area contributed by atoms with E-state index in [-0.39, 0.29) is 12.1 Å². The fraction of sp³-hybridized carbons (Fsp3) is 0.176. The minimum Gasteiger partial charge on any atom is -0.326 e. The lowest BCUT2D eigenvalue weighted by molar-refractivity contribution is -0.196. The van der Waals surface area contributed by atoms with E-state index in [1.807, 2.05) is 5.32 Å². The molecule has 1 aliphatic rings. The number of H-pyrrole nitrogens is 1. The van der Waals surface area contributed by atoms with Crippen molar-refractivity contribution < 1.29 is 22.8 Å². The first-order valence-corrected chi connectivity index (χ1v) is 7.87. The Morgan fingerprint density at radius 3 is 2.43 bits per heavy atom. The number of aromatic nitrogens is 2. The van der Waals surface area contributed by atoms with Crippen LogP contribution in [0.15, 0.2) is 52.6 Å². The van der Waals surface area contributed by atoms with E-state index >= 15 is 0 Å². The van der Waals surface area contributed by atoms with Crippen LogP contribution in [-0.4, -0.2) is 27.5 Å². The summed E-state index contributed by atoms with van der Waals surface area (Å²) < 4.78 is 43.0. The standard InChI is InChI=1S/C17H13F3N4O4/c1-2-8-24-11-10(13(26)22-15(24)28)16(14(27)21-11,17(18,19)20)23-12(25)9-6-4-3-5-7-9/h2-7H,1,8H2,(H,21,27)(H,23,25)(H,22,26,28). The number of anilines is 1. The van der Waals surface area contributed by atoms with E-state index in [0.29, 0.717) is 4.57 Å². The molecule has 28 heavy (non-hydrogen) atoms. The number of halogens is 3. The van der Waals surface area contributed by atoms with Crippen LogP contribution in [0.2, 0.25) is 0 Å². The van der Waals surface area contributed by atoms with Gasteiger partial charge in [-0.1, -0.05) is 24.3 Å². The minimum atomic E-state index is -5.38. The molecule has 2 aromatic rings. The highest BCUT2D eigenvalue weighted by atomic mass is 19.4. The van der Waals surface area contributed by atoms with Gasteiger partial charge in [0.15, 0.2) is 0 Å². The molecule has 0 saturated carbocycles. The number of hydrogen-bond donors (Lipinski definition) is 3. The first-order valence-electron chi connectivity index (χ1n) is 7.87. The van der Waals surface area contributed by atoms with Gasteiger partial charge >= 0.3 is 11.9 Å². The Labute approximate surface area is 154 Å². The third-order valence-electron chi connectivity index (χ3n) is 4.22. The normalized spacial score (nSPS) is 18.3. The number of hydrogen-bond acceptors (Lipinski definition) is 4. The van der Waals surface area contributed by atoms with Gasteiger partial charge in [0, 0.05) is 12.1 Å². The number of rotatable bonds is 4. The molecular formula is C17H13F3N4O4. The van der Waals surface area contributed by atoms with E-state index in [2.05, 4.69) is 6.58 Å². The van der Waals surface area contributed by atoms with Crippen LogP contribution in [0.25, 0.3) is 0 Å². The van der Waals surface area contributed by atoms with Gasteiger partial charge in [-0.25, -0.2) is 4.79 Å². The zero-order valence-electron chi connectivity index (χ0n) is 14.1. The number of benzene rings is 1. The molecule has 1 aliphatic heterocycles. The summed E-state index contributed by atoms with van der Waals surface area (Å²) in [7, 11) is 0. The van der Waals surface area contributed by atoms with Crippen molar-refractivity contribution in [3.8, 4) is 0 Å². The number of nitrogens with one attached hydrogen (secondary N) is 3. The molecule has 0 fully saturated rings. The molecule has 2 amide bonds. The summed E-state index contributed by atoms with van der Waals surface area (Å²) in [6.07, 6.45) is -4.18.